The van der Waals surface area contributed by atoms with Gasteiger partial charge in [0.05, 0.1) is 11.9 Å². The highest BCUT2D eigenvalue weighted by atomic mass is 32.2. The van der Waals surface area contributed by atoms with E-state index in [1.807, 2.05) is 24.3 Å². The van der Waals surface area contributed by atoms with Crippen molar-refractivity contribution in [1.82, 2.24) is 10.6 Å². The Morgan fingerprint density at radius 3 is 2.55 bits per heavy atom. The summed E-state index contributed by atoms with van der Waals surface area (Å²) in [6, 6.07) is 7.83. The van der Waals surface area contributed by atoms with Gasteiger partial charge in [-0.1, -0.05) is 46.8 Å². The molecule has 5 N–H and O–H groups in total. The quantitative estimate of drug-likeness (QED) is 0.127. The Morgan fingerprint density at radius 2 is 1.89 bits per heavy atom. The second-order valence-corrected chi connectivity index (χ2v) is 15.2. The van der Waals surface area contributed by atoms with Gasteiger partial charge in [0, 0.05) is 42.2 Å². The molecule has 8 nitrogen and oxygen atoms in total. The second kappa shape index (κ2) is 15.6. The second-order valence-electron chi connectivity index (χ2n) is 14.2. The van der Waals surface area contributed by atoms with Crippen LogP contribution in [0.4, 0.5) is 0 Å². The normalized spacial score (nSPS) is 33.6. The fraction of sp³-hybridized carbons (Fsp3) is 0.743. The van der Waals surface area contributed by atoms with Crippen LogP contribution in [0, 0.1) is 34.0 Å². The summed E-state index contributed by atoms with van der Waals surface area (Å²) < 4.78 is 6.52. The van der Waals surface area contributed by atoms with E-state index < -0.39 is 17.6 Å². The fourth-order valence-corrected chi connectivity index (χ4v) is 8.95. The number of aliphatic hydroxyl groups is 1. The van der Waals surface area contributed by atoms with E-state index >= 15 is 0 Å². The first kappa shape index (κ1) is 36.5. The van der Waals surface area contributed by atoms with E-state index in [4.69, 9.17) is 10.5 Å². The molecule has 0 aromatic heterocycles. The van der Waals surface area contributed by atoms with Gasteiger partial charge in [-0.15, -0.1) is 11.8 Å². The number of carbonyl (C=O) groups is 3. The third kappa shape index (κ3) is 8.25. The molecule has 2 aliphatic rings. The fourth-order valence-electron chi connectivity index (χ4n) is 8.19. The molecule has 1 amide bonds. The number of benzene rings is 1. The lowest BCUT2D eigenvalue weighted by Gasteiger charge is -2.64. The highest BCUT2D eigenvalue weighted by molar-refractivity contribution is 8.00. The molecular formula is C35H57N3O5S. The lowest BCUT2D eigenvalue weighted by atomic mass is 9.42. The molecule has 2 aliphatic carbocycles. The van der Waals surface area contributed by atoms with Crippen LogP contribution in [-0.2, 0) is 25.7 Å². The summed E-state index contributed by atoms with van der Waals surface area (Å²) in [5.74, 6) is 0.388. The largest absolute Gasteiger partial charge is 0.461 e. The third-order valence-corrected chi connectivity index (χ3v) is 12.4. The molecule has 3 rings (SSSR count). The molecule has 8 atom stereocenters. The maximum atomic E-state index is 13.6. The van der Waals surface area contributed by atoms with Crippen molar-refractivity contribution in [2.24, 2.45) is 39.7 Å². The summed E-state index contributed by atoms with van der Waals surface area (Å²) in [6.07, 6.45) is 3.48. The zero-order valence-electron chi connectivity index (χ0n) is 28.0. The summed E-state index contributed by atoms with van der Waals surface area (Å²) in [5, 5.41) is 18.5. The van der Waals surface area contributed by atoms with E-state index in [0.29, 0.717) is 38.4 Å². The van der Waals surface area contributed by atoms with Crippen molar-refractivity contribution in [1.29, 1.82) is 0 Å². The van der Waals surface area contributed by atoms with Crippen LogP contribution < -0.4 is 16.4 Å². The van der Waals surface area contributed by atoms with E-state index in [1.54, 1.807) is 6.92 Å². The number of thioether (sulfide) groups is 1. The van der Waals surface area contributed by atoms with Crippen LogP contribution in [0.5, 0.6) is 0 Å². The van der Waals surface area contributed by atoms with Crippen LogP contribution in [0.25, 0.3) is 0 Å². The Hall–Kier alpha value is -1.94. The van der Waals surface area contributed by atoms with Gasteiger partial charge < -0.3 is 31.0 Å². The molecule has 44 heavy (non-hydrogen) atoms. The van der Waals surface area contributed by atoms with E-state index in [2.05, 4.69) is 45.3 Å². The Morgan fingerprint density at radius 1 is 1.16 bits per heavy atom. The number of Topliss-reactive ketones (excluding diaryl/α,β-unsaturated/α-hetero) is 1. The monoisotopic (exact) mass is 631 g/mol. The standard InChI is InChI=1S/C35H57N3O5S/c1-23-12-14-35(15-13-24(2)39)25(3)32(42)33(6,22-37-17-9-16-36)19-30(34(23,7)26(35)4)43-31(41)21-44-29-11-8-10-28(18-29)20-38-27(5)40/h8,10-11,18,23,25-26,30,32,37,42H,9,12-17,19-22,36H2,1-7H3,(H,38,40)/t23-,25+,26+,30-,32+,33-,34-,35+/m1/s1. The molecule has 1 aromatic rings. The Bertz CT molecular complexity index is 1150. The molecular weight excluding hydrogens is 574 g/mol. The summed E-state index contributed by atoms with van der Waals surface area (Å²) in [7, 11) is 0. The Labute approximate surface area is 269 Å². The number of ether oxygens (including phenoxy) is 1. The van der Waals surface area contributed by atoms with Gasteiger partial charge in [-0.05, 0) is 93.0 Å². The van der Waals surface area contributed by atoms with Gasteiger partial charge in [0.25, 0.3) is 0 Å². The maximum Gasteiger partial charge on any atom is 0.316 e. The van der Waals surface area contributed by atoms with Gasteiger partial charge in [0.15, 0.2) is 0 Å². The molecule has 9 heteroatoms. The molecule has 1 aromatic carbocycles. The number of rotatable bonds is 14. The molecule has 0 spiro atoms. The minimum atomic E-state index is -0.637. The van der Waals surface area contributed by atoms with Crippen molar-refractivity contribution in [2.45, 2.75) is 111 Å². The predicted molar refractivity (Wildman–Crippen MR) is 177 cm³/mol. The third-order valence-electron chi connectivity index (χ3n) is 11.4. The number of carbonyl (C=O) groups excluding carboxylic acids is 3. The number of hydrogen-bond acceptors (Lipinski definition) is 8. The first-order valence-electron chi connectivity index (χ1n) is 16.4. The number of esters is 1. The minimum absolute atomic E-state index is 0.0260. The van der Waals surface area contributed by atoms with E-state index in [0.717, 1.165) is 42.7 Å². The van der Waals surface area contributed by atoms with Crippen LogP contribution in [0.2, 0.25) is 0 Å². The topological polar surface area (TPSA) is 131 Å². The molecule has 2 saturated carbocycles. The summed E-state index contributed by atoms with van der Waals surface area (Å²) in [4.78, 5) is 38.2. The van der Waals surface area contributed by atoms with Crippen molar-refractivity contribution in [2.75, 3.05) is 25.4 Å². The number of nitrogens with two attached hydrogens (primary N) is 1. The van der Waals surface area contributed by atoms with Gasteiger partial charge in [-0.3, -0.25) is 9.59 Å². The lowest BCUT2D eigenvalue weighted by Crippen LogP contribution is -2.64. The summed E-state index contributed by atoms with van der Waals surface area (Å²) >= 11 is 1.43. The van der Waals surface area contributed by atoms with Gasteiger partial charge in [0.2, 0.25) is 5.91 Å². The molecule has 0 unspecified atom stereocenters. The van der Waals surface area contributed by atoms with Gasteiger partial charge >= 0.3 is 5.97 Å². The highest BCUT2D eigenvalue weighted by Gasteiger charge is 2.63. The number of hydrogen-bond donors (Lipinski definition) is 4. The van der Waals surface area contributed by atoms with Crippen LogP contribution in [0.1, 0.15) is 92.6 Å². The molecule has 0 saturated heterocycles. The van der Waals surface area contributed by atoms with Gasteiger partial charge in [0.1, 0.15) is 11.9 Å². The van der Waals surface area contributed by atoms with E-state index in [1.165, 1.54) is 18.7 Å². The average Bonchev–Trinajstić information content (AvgIpc) is 2.98. The number of fused-ring (bicyclic) bond motifs is 2. The molecule has 2 fully saturated rings. The van der Waals surface area contributed by atoms with E-state index in [9.17, 15) is 19.5 Å². The van der Waals surface area contributed by atoms with Crippen molar-refractivity contribution < 1.29 is 24.2 Å². The first-order chi connectivity index (χ1) is 20.7. The van der Waals surface area contributed by atoms with Crippen LogP contribution in [0.15, 0.2) is 29.2 Å². The zero-order valence-corrected chi connectivity index (χ0v) is 28.9. The number of aliphatic hydroxyl groups excluding tert-OH is 1. The Kier molecular flexibility index (Phi) is 12.9. The van der Waals surface area contributed by atoms with Crippen molar-refractivity contribution >= 4 is 29.4 Å². The average molecular weight is 632 g/mol. The molecule has 2 bridgehead atoms. The number of amides is 1. The lowest BCUT2D eigenvalue weighted by molar-refractivity contribution is -0.216. The smallest absolute Gasteiger partial charge is 0.316 e. The minimum Gasteiger partial charge on any atom is -0.461 e. The SMILES string of the molecule is CC(=O)CC[C@]12CC[C@@H](C)[C@](C)([C@@H]1C)[C@H](OC(=O)CSc1cccc(CNC(C)=O)c1)C[C@](C)(CNCCCN)[C@@H](O)[C@@H]2C. The predicted octanol–water partition coefficient (Wildman–Crippen LogP) is 5.10. The number of nitrogens with one attached hydrogen (secondary N) is 2. The van der Waals surface area contributed by atoms with Crippen LogP contribution in [-0.4, -0.2) is 60.4 Å². The molecule has 0 heterocycles. The van der Waals surface area contributed by atoms with Crippen molar-refractivity contribution in [3.05, 3.63) is 29.8 Å². The molecule has 0 radical (unpaired) electrons. The maximum absolute atomic E-state index is 13.6. The summed E-state index contributed by atoms with van der Waals surface area (Å²) in [6.45, 7) is 16.7. The highest BCUT2D eigenvalue weighted by Crippen LogP contribution is 2.64. The van der Waals surface area contributed by atoms with Crippen LogP contribution in [0.3, 0.4) is 0 Å². The van der Waals surface area contributed by atoms with Crippen molar-refractivity contribution in [3.63, 3.8) is 0 Å². The summed E-state index contributed by atoms with van der Waals surface area (Å²) in [5.41, 5.74) is 5.59. The van der Waals surface area contributed by atoms with Gasteiger partial charge in [-0.2, -0.15) is 0 Å². The van der Waals surface area contributed by atoms with Crippen LogP contribution >= 0.6 is 11.8 Å². The zero-order chi connectivity index (χ0) is 32.7. The molecule has 248 valence electrons. The first-order valence-corrected chi connectivity index (χ1v) is 17.4. The molecule has 0 aliphatic heterocycles. The van der Waals surface area contributed by atoms with Gasteiger partial charge in [-0.25, -0.2) is 0 Å². The Balaban J connectivity index is 1.92. The van der Waals surface area contributed by atoms with E-state index in [-0.39, 0.29) is 46.1 Å². The van der Waals surface area contributed by atoms with Crippen molar-refractivity contribution in [3.8, 4) is 0 Å². The number of ketones is 1.